The summed E-state index contributed by atoms with van der Waals surface area (Å²) in [6.07, 6.45) is 2.03. The van der Waals surface area contributed by atoms with Crippen LogP contribution in [0.1, 0.15) is 17.3 Å². The lowest BCUT2D eigenvalue weighted by atomic mass is 10.0. The standard InChI is InChI=1S/C15H14O2S/c1-10(16)14-9-12(5-8-15(14)17)11-3-6-13(18-2)7-4-11/h3-9,17H,1-2H3. The molecule has 0 amide bonds. The highest BCUT2D eigenvalue weighted by atomic mass is 32.2. The highest BCUT2D eigenvalue weighted by Gasteiger charge is 2.08. The quantitative estimate of drug-likeness (QED) is 0.668. The maximum Gasteiger partial charge on any atom is 0.163 e. The van der Waals surface area contributed by atoms with Crippen molar-refractivity contribution in [2.24, 2.45) is 0 Å². The summed E-state index contributed by atoms with van der Waals surface area (Å²) in [7, 11) is 0. The van der Waals surface area contributed by atoms with Crippen molar-refractivity contribution in [2.45, 2.75) is 11.8 Å². The van der Waals surface area contributed by atoms with E-state index in [2.05, 4.69) is 0 Å². The lowest BCUT2D eigenvalue weighted by Gasteiger charge is -2.06. The smallest absolute Gasteiger partial charge is 0.163 e. The zero-order valence-corrected chi connectivity index (χ0v) is 11.1. The van der Waals surface area contributed by atoms with Crippen LogP contribution in [0.5, 0.6) is 5.75 Å². The Balaban J connectivity index is 2.44. The molecule has 0 radical (unpaired) electrons. The van der Waals surface area contributed by atoms with Crippen molar-refractivity contribution in [1.82, 2.24) is 0 Å². The molecule has 2 nitrogen and oxygen atoms in total. The van der Waals surface area contributed by atoms with E-state index in [1.165, 1.54) is 11.8 Å². The van der Waals surface area contributed by atoms with Gasteiger partial charge in [-0.05, 0) is 48.6 Å². The highest BCUT2D eigenvalue weighted by Crippen LogP contribution is 2.27. The first-order chi connectivity index (χ1) is 8.61. The summed E-state index contributed by atoms with van der Waals surface area (Å²) in [6, 6.07) is 13.2. The molecule has 0 atom stereocenters. The second-order valence-corrected chi connectivity index (χ2v) is 4.90. The Morgan fingerprint density at radius 2 is 1.67 bits per heavy atom. The highest BCUT2D eigenvalue weighted by molar-refractivity contribution is 7.98. The molecule has 92 valence electrons. The molecule has 3 heteroatoms. The van der Waals surface area contributed by atoms with E-state index in [4.69, 9.17) is 0 Å². The van der Waals surface area contributed by atoms with Gasteiger partial charge in [-0.3, -0.25) is 4.79 Å². The number of phenols is 1. The van der Waals surface area contributed by atoms with E-state index < -0.39 is 0 Å². The van der Waals surface area contributed by atoms with Gasteiger partial charge in [0, 0.05) is 4.90 Å². The van der Waals surface area contributed by atoms with E-state index in [1.54, 1.807) is 23.9 Å². The third-order valence-electron chi connectivity index (χ3n) is 2.80. The first-order valence-electron chi connectivity index (χ1n) is 5.60. The molecule has 18 heavy (non-hydrogen) atoms. The van der Waals surface area contributed by atoms with E-state index in [-0.39, 0.29) is 11.5 Å². The van der Waals surface area contributed by atoms with Crippen molar-refractivity contribution >= 4 is 17.5 Å². The minimum absolute atomic E-state index is 0.0342. The Hall–Kier alpha value is -1.74. The number of Topliss-reactive ketones (excluding diaryl/α,β-unsaturated/α-hetero) is 1. The van der Waals surface area contributed by atoms with Gasteiger partial charge in [0.1, 0.15) is 5.75 Å². The second-order valence-electron chi connectivity index (χ2n) is 4.02. The Bertz CT molecular complexity index is 574. The molecule has 2 aromatic rings. The van der Waals surface area contributed by atoms with E-state index in [0.717, 1.165) is 11.1 Å². The third kappa shape index (κ3) is 2.57. The van der Waals surface area contributed by atoms with Gasteiger partial charge in [0.25, 0.3) is 0 Å². The summed E-state index contributed by atoms with van der Waals surface area (Å²) in [5.41, 5.74) is 2.34. The number of phenolic OH excluding ortho intramolecular Hbond substituents is 1. The second kappa shape index (κ2) is 5.27. The van der Waals surface area contributed by atoms with Crippen LogP contribution < -0.4 is 0 Å². The maximum atomic E-state index is 11.4. The molecule has 2 rings (SSSR count). The van der Waals surface area contributed by atoms with E-state index in [1.807, 2.05) is 36.6 Å². The maximum absolute atomic E-state index is 11.4. The molecule has 0 heterocycles. The topological polar surface area (TPSA) is 37.3 Å². The van der Waals surface area contributed by atoms with Gasteiger partial charge < -0.3 is 5.11 Å². The molecule has 1 N–H and O–H groups in total. The number of carbonyl (C=O) groups is 1. The van der Waals surface area contributed by atoms with Crippen LogP contribution in [0.25, 0.3) is 11.1 Å². The molecular formula is C15H14O2S. The van der Waals surface area contributed by atoms with E-state index in [9.17, 15) is 9.90 Å². The molecule has 0 spiro atoms. The van der Waals surface area contributed by atoms with Gasteiger partial charge in [-0.25, -0.2) is 0 Å². The summed E-state index contributed by atoms with van der Waals surface area (Å²) in [6.45, 7) is 1.45. The fourth-order valence-electron chi connectivity index (χ4n) is 1.78. The molecule has 0 aromatic heterocycles. The third-order valence-corrected chi connectivity index (χ3v) is 3.54. The number of rotatable bonds is 3. The van der Waals surface area contributed by atoms with Crippen molar-refractivity contribution in [3.05, 3.63) is 48.0 Å². The van der Waals surface area contributed by atoms with Crippen molar-refractivity contribution in [1.29, 1.82) is 0 Å². The monoisotopic (exact) mass is 258 g/mol. The predicted octanol–water partition coefficient (Wildman–Crippen LogP) is 3.98. The zero-order valence-electron chi connectivity index (χ0n) is 10.3. The van der Waals surface area contributed by atoms with Gasteiger partial charge >= 0.3 is 0 Å². The fourth-order valence-corrected chi connectivity index (χ4v) is 2.19. The summed E-state index contributed by atoms with van der Waals surface area (Å²) in [5, 5.41) is 9.61. The van der Waals surface area contributed by atoms with Gasteiger partial charge in [0.15, 0.2) is 5.78 Å². The van der Waals surface area contributed by atoms with Crippen LogP contribution in [0, 0.1) is 0 Å². The molecule has 0 aliphatic rings. The largest absolute Gasteiger partial charge is 0.507 e. The van der Waals surface area contributed by atoms with Gasteiger partial charge in [-0.15, -0.1) is 11.8 Å². The Morgan fingerprint density at radius 1 is 1.06 bits per heavy atom. The fraction of sp³-hybridized carbons (Fsp3) is 0.133. The molecule has 0 aliphatic carbocycles. The normalized spacial score (nSPS) is 10.3. The summed E-state index contributed by atoms with van der Waals surface area (Å²) in [4.78, 5) is 12.6. The predicted molar refractivity (Wildman–Crippen MR) is 75.3 cm³/mol. The van der Waals surface area contributed by atoms with Gasteiger partial charge in [-0.2, -0.15) is 0 Å². The minimum Gasteiger partial charge on any atom is -0.507 e. The molecule has 0 aliphatic heterocycles. The summed E-state index contributed by atoms with van der Waals surface area (Å²) < 4.78 is 0. The number of benzene rings is 2. The van der Waals surface area contributed by atoms with Crippen molar-refractivity contribution in [3.8, 4) is 16.9 Å². The first kappa shape index (κ1) is 12.7. The van der Waals surface area contributed by atoms with Crippen LogP contribution in [-0.4, -0.2) is 17.1 Å². The first-order valence-corrected chi connectivity index (χ1v) is 6.82. The average molecular weight is 258 g/mol. The van der Waals surface area contributed by atoms with Crippen LogP contribution in [0.4, 0.5) is 0 Å². The SMILES string of the molecule is CSc1ccc(-c2ccc(O)c(C(C)=O)c2)cc1. The molecule has 2 aromatic carbocycles. The number of ketones is 1. The van der Waals surface area contributed by atoms with Crippen LogP contribution in [0.3, 0.4) is 0 Å². The Kier molecular flexibility index (Phi) is 3.72. The van der Waals surface area contributed by atoms with Gasteiger partial charge in [-0.1, -0.05) is 18.2 Å². The number of hydrogen-bond donors (Lipinski definition) is 1. The van der Waals surface area contributed by atoms with Gasteiger partial charge in [0.05, 0.1) is 5.56 Å². The number of carbonyl (C=O) groups excluding carboxylic acids is 1. The van der Waals surface area contributed by atoms with Crippen molar-refractivity contribution in [3.63, 3.8) is 0 Å². The zero-order chi connectivity index (χ0) is 13.1. The van der Waals surface area contributed by atoms with E-state index >= 15 is 0 Å². The summed E-state index contributed by atoms with van der Waals surface area (Å²) in [5.74, 6) is -0.0953. The van der Waals surface area contributed by atoms with Crippen LogP contribution >= 0.6 is 11.8 Å². The molecule has 0 saturated heterocycles. The van der Waals surface area contributed by atoms with Crippen LogP contribution in [0.15, 0.2) is 47.4 Å². The average Bonchev–Trinajstić information content (AvgIpc) is 2.39. The van der Waals surface area contributed by atoms with Crippen LogP contribution in [-0.2, 0) is 0 Å². The summed E-state index contributed by atoms with van der Waals surface area (Å²) >= 11 is 1.69. The minimum atomic E-state index is -0.130. The van der Waals surface area contributed by atoms with E-state index in [0.29, 0.717) is 5.56 Å². The molecule has 0 saturated carbocycles. The van der Waals surface area contributed by atoms with Crippen molar-refractivity contribution < 1.29 is 9.90 Å². The number of aromatic hydroxyl groups is 1. The lowest BCUT2D eigenvalue weighted by molar-refractivity contribution is 0.101. The Labute approximate surface area is 111 Å². The van der Waals surface area contributed by atoms with Gasteiger partial charge in [0.2, 0.25) is 0 Å². The molecule has 0 fully saturated rings. The number of thioether (sulfide) groups is 1. The van der Waals surface area contributed by atoms with Crippen LogP contribution in [0.2, 0.25) is 0 Å². The lowest BCUT2D eigenvalue weighted by Crippen LogP contribution is -1.93. The molecule has 0 bridgehead atoms. The Morgan fingerprint density at radius 3 is 2.22 bits per heavy atom. The molecular weight excluding hydrogens is 244 g/mol. The van der Waals surface area contributed by atoms with Crippen molar-refractivity contribution in [2.75, 3.05) is 6.26 Å². The number of hydrogen-bond acceptors (Lipinski definition) is 3. The molecule has 0 unspecified atom stereocenters.